The van der Waals surface area contributed by atoms with Crippen LogP contribution in [0, 0.1) is 5.92 Å². The Morgan fingerprint density at radius 3 is 2.29 bits per heavy atom. The second-order valence-electron chi connectivity index (χ2n) is 3.54. The number of alkyl halides is 3. The highest BCUT2D eigenvalue weighted by Gasteiger charge is 2.31. The highest BCUT2D eigenvalue weighted by molar-refractivity contribution is 5.37. The van der Waals surface area contributed by atoms with Crippen LogP contribution in [0.5, 0.6) is 0 Å². The summed E-state index contributed by atoms with van der Waals surface area (Å²) in [5.41, 5.74) is 0.209. The van der Waals surface area contributed by atoms with Crippen LogP contribution in [0.4, 0.5) is 13.2 Å². The zero-order valence-corrected chi connectivity index (χ0v) is 7.56. The molecule has 1 fully saturated rings. The van der Waals surface area contributed by atoms with Gasteiger partial charge < -0.3 is 0 Å². The molecule has 1 radical (unpaired) electrons. The summed E-state index contributed by atoms with van der Waals surface area (Å²) in [5, 5.41) is 0. The van der Waals surface area contributed by atoms with E-state index in [4.69, 9.17) is 0 Å². The maximum atomic E-state index is 12.3. The molecule has 1 saturated carbocycles. The number of halogens is 3. The lowest BCUT2D eigenvalue weighted by molar-refractivity contribution is -0.137. The van der Waals surface area contributed by atoms with Crippen molar-refractivity contribution >= 4 is 0 Å². The third kappa shape index (κ3) is 1.76. The Hall–Kier alpha value is -0.990. The predicted molar refractivity (Wildman–Crippen MR) is 47.6 cm³/mol. The Bertz CT molecular complexity index is 324. The van der Waals surface area contributed by atoms with E-state index in [1.165, 1.54) is 12.1 Å². The summed E-state index contributed by atoms with van der Waals surface area (Å²) in [6.07, 6.45) is -1.23. The Kier molecular flexibility index (Phi) is 2.25. The van der Waals surface area contributed by atoms with Crippen LogP contribution < -0.4 is 0 Å². The van der Waals surface area contributed by atoms with Gasteiger partial charge in [-0.3, -0.25) is 0 Å². The van der Waals surface area contributed by atoms with Gasteiger partial charge in [0.2, 0.25) is 0 Å². The number of hydrogen-bond acceptors (Lipinski definition) is 0. The SMILES string of the molecule is FC(F)(F)c1cccc([C]2CCC2)c1. The summed E-state index contributed by atoms with van der Waals surface area (Å²) in [7, 11) is 0. The van der Waals surface area contributed by atoms with Crippen LogP contribution in [-0.2, 0) is 6.18 Å². The molecule has 0 bridgehead atoms. The minimum Gasteiger partial charge on any atom is -0.166 e. The fourth-order valence-corrected chi connectivity index (χ4v) is 1.56. The fraction of sp³-hybridized carbons (Fsp3) is 0.364. The van der Waals surface area contributed by atoms with Crippen molar-refractivity contribution in [1.29, 1.82) is 0 Å². The van der Waals surface area contributed by atoms with Crippen LogP contribution in [0.2, 0.25) is 0 Å². The van der Waals surface area contributed by atoms with E-state index in [9.17, 15) is 13.2 Å². The summed E-state index contributed by atoms with van der Waals surface area (Å²) in [5.74, 6) is 1.15. The molecule has 2 rings (SSSR count). The molecule has 0 heterocycles. The zero-order chi connectivity index (χ0) is 10.2. The van der Waals surface area contributed by atoms with Gasteiger partial charge in [0, 0.05) is 5.92 Å². The van der Waals surface area contributed by atoms with E-state index in [0.717, 1.165) is 36.8 Å². The van der Waals surface area contributed by atoms with E-state index in [0.29, 0.717) is 0 Å². The Morgan fingerprint density at radius 1 is 1.07 bits per heavy atom. The van der Waals surface area contributed by atoms with E-state index in [1.54, 1.807) is 6.07 Å². The molecule has 0 aromatic heterocycles. The first-order valence-electron chi connectivity index (χ1n) is 4.60. The van der Waals surface area contributed by atoms with Crippen molar-refractivity contribution in [2.45, 2.75) is 25.4 Å². The van der Waals surface area contributed by atoms with Crippen molar-refractivity contribution in [3.8, 4) is 0 Å². The van der Waals surface area contributed by atoms with Crippen LogP contribution in [-0.4, -0.2) is 0 Å². The maximum Gasteiger partial charge on any atom is 0.416 e. The third-order valence-electron chi connectivity index (χ3n) is 2.56. The first kappa shape index (κ1) is 9.56. The molecular weight excluding hydrogens is 189 g/mol. The summed E-state index contributed by atoms with van der Waals surface area (Å²) < 4.78 is 37.0. The smallest absolute Gasteiger partial charge is 0.166 e. The van der Waals surface area contributed by atoms with Gasteiger partial charge in [-0.1, -0.05) is 24.6 Å². The Labute approximate surface area is 80.7 Å². The quantitative estimate of drug-likeness (QED) is 0.645. The molecular formula is C11H10F3. The van der Waals surface area contributed by atoms with Crippen molar-refractivity contribution in [1.82, 2.24) is 0 Å². The normalized spacial score (nSPS) is 17.9. The summed E-state index contributed by atoms with van der Waals surface area (Å²) in [4.78, 5) is 0. The van der Waals surface area contributed by atoms with Crippen molar-refractivity contribution in [3.63, 3.8) is 0 Å². The van der Waals surface area contributed by atoms with Crippen molar-refractivity contribution in [2.24, 2.45) is 0 Å². The fourth-order valence-electron chi connectivity index (χ4n) is 1.56. The van der Waals surface area contributed by atoms with Gasteiger partial charge in [-0.2, -0.15) is 13.2 Å². The molecule has 1 aromatic carbocycles. The highest BCUT2D eigenvalue weighted by Crippen LogP contribution is 2.37. The number of hydrogen-bond donors (Lipinski definition) is 0. The van der Waals surface area contributed by atoms with Gasteiger partial charge in [-0.15, -0.1) is 0 Å². The molecule has 1 aromatic rings. The van der Waals surface area contributed by atoms with Crippen molar-refractivity contribution in [3.05, 3.63) is 41.3 Å². The van der Waals surface area contributed by atoms with E-state index < -0.39 is 11.7 Å². The topological polar surface area (TPSA) is 0 Å². The van der Waals surface area contributed by atoms with Gasteiger partial charge in [0.1, 0.15) is 0 Å². The van der Waals surface area contributed by atoms with Gasteiger partial charge in [-0.05, 0) is 24.5 Å². The molecule has 0 unspecified atom stereocenters. The molecule has 14 heavy (non-hydrogen) atoms. The molecule has 0 atom stereocenters. The van der Waals surface area contributed by atoms with E-state index >= 15 is 0 Å². The molecule has 0 saturated heterocycles. The molecule has 0 N–H and O–H groups in total. The molecule has 3 heteroatoms. The predicted octanol–water partition coefficient (Wildman–Crippen LogP) is 3.81. The Balaban J connectivity index is 2.26. The second-order valence-corrected chi connectivity index (χ2v) is 3.54. The van der Waals surface area contributed by atoms with Crippen LogP contribution in [0.3, 0.4) is 0 Å². The number of rotatable bonds is 1. The lowest BCUT2D eigenvalue weighted by atomic mass is 9.80. The molecule has 75 valence electrons. The minimum atomic E-state index is -4.22. The number of benzene rings is 1. The van der Waals surface area contributed by atoms with E-state index in [1.807, 2.05) is 0 Å². The van der Waals surface area contributed by atoms with Crippen LogP contribution in [0.25, 0.3) is 0 Å². The molecule has 1 aliphatic rings. The lowest BCUT2D eigenvalue weighted by Gasteiger charge is -2.25. The first-order valence-corrected chi connectivity index (χ1v) is 4.60. The molecule has 0 aliphatic heterocycles. The molecule has 0 spiro atoms. The van der Waals surface area contributed by atoms with Gasteiger partial charge >= 0.3 is 6.18 Å². The summed E-state index contributed by atoms with van der Waals surface area (Å²) >= 11 is 0. The van der Waals surface area contributed by atoms with Gasteiger partial charge in [0.05, 0.1) is 5.56 Å². The first-order chi connectivity index (χ1) is 6.57. The average molecular weight is 199 g/mol. The average Bonchev–Trinajstić information content (AvgIpc) is 2.00. The standard InChI is InChI=1S/C11H10F3/c12-11(13,14)10-6-2-5-9(7-10)8-3-1-4-8/h2,5-7H,1,3-4H2. The Morgan fingerprint density at radius 2 is 1.79 bits per heavy atom. The zero-order valence-electron chi connectivity index (χ0n) is 7.56. The second kappa shape index (κ2) is 3.30. The van der Waals surface area contributed by atoms with Crippen molar-refractivity contribution < 1.29 is 13.2 Å². The van der Waals surface area contributed by atoms with E-state index in [2.05, 4.69) is 0 Å². The van der Waals surface area contributed by atoms with Crippen molar-refractivity contribution in [2.75, 3.05) is 0 Å². The largest absolute Gasteiger partial charge is 0.416 e. The molecule has 1 aliphatic carbocycles. The summed E-state index contributed by atoms with van der Waals surface area (Å²) in [6, 6.07) is 5.59. The lowest BCUT2D eigenvalue weighted by Crippen LogP contribution is -2.12. The van der Waals surface area contributed by atoms with Gasteiger partial charge in [0.15, 0.2) is 0 Å². The van der Waals surface area contributed by atoms with Crippen LogP contribution >= 0.6 is 0 Å². The maximum absolute atomic E-state index is 12.3. The third-order valence-corrected chi connectivity index (χ3v) is 2.56. The van der Waals surface area contributed by atoms with E-state index in [-0.39, 0.29) is 0 Å². The van der Waals surface area contributed by atoms with Crippen LogP contribution in [0.15, 0.2) is 24.3 Å². The monoisotopic (exact) mass is 199 g/mol. The molecule has 0 nitrogen and oxygen atoms in total. The molecule has 0 amide bonds. The summed E-state index contributed by atoms with van der Waals surface area (Å²) in [6.45, 7) is 0. The van der Waals surface area contributed by atoms with Gasteiger partial charge in [0.25, 0.3) is 0 Å². The van der Waals surface area contributed by atoms with Gasteiger partial charge in [-0.25, -0.2) is 0 Å². The minimum absolute atomic E-state index is 0.547. The van der Waals surface area contributed by atoms with Crippen LogP contribution in [0.1, 0.15) is 30.4 Å². The highest BCUT2D eigenvalue weighted by atomic mass is 19.4.